The second-order valence-electron chi connectivity index (χ2n) is 3.81. The fourth-order valence-corrected chi connectivity index (χ4v) is 1.71. The van der Waals surface area contributed by atoms with Crippen molar-refractivity contribution >= 4 is 22.0 Å². The van der Waals surface area contributed by atoms with Gasteiger partial charge in [-0.05, 0) is 6.42 Å². The first-order valence-electron chi connectivity index (χ1n) is 5.56. The number of nitrogens with one attached hydrogen (secondary N) is 2. The highest BCUT2D eigenvalue weighted by Crippen LogP contribution is 1.91. The lowest BCUT2D eigenvalue weighted by Crippen LogP contribution is -2.43. The Bertz CT molecular complexity index is 421. The summed E-state index contributed by atoms with van der Waals surface area (Å²) in [4.78, 5) is 23.2. The average Bonchev–Trinajstić information content (AvgIpc) is 2.25. The van der Waals surface area contributed by atoms with Crippen LogP contribution >= 0.6 is 0 Å². The number of aliphatic carboxylic acids is 1. The Balaban J connectivity index is 3.99. The van der Waals surface area contributed by atoms with Crippen LogP contribution in [0.3, 0.4) is 0 Å². The van der Waals surface area contributed by atoms with Gasteiger partial charge in [-0.25, -0.2) is 17.9 Å². The zero-order valence-corrected chi connectivity index (χ0v) is 11.6. The van der Waals surface area contributed by atoms with Crippen LogP contribution in [0.4, 0.5) is 4.79 Å². The van der Waals surface area contributed by atoms with E-state index in [4.69, 9.17) is 5.11 Å². The molecule has 0 aromatic rings. The largest absolute Gasteiger partial charge is 0.480 e. The maximum absolute atomic E-state index is 11.6. The number of sulfonamides is 1. The molecule has 0 rings (SSSR count). The fraction of sp³-hybridized carbons (Fsp3) is 0.600. The van der Waals surface area contributed by atoms with Gasteiger partial charge in [0.15, 0.2) is 0 Å². The molecule has 0 radical (unpaired) electrons. The Morgan fingerprint density at radius 3 is 2.47 bits per heavy atom. The number of carboxylic acid groups (broad SMARTS) is 1. The lowest BCUT2D eigenvalue weighted by Gasteiger charge is -2.19. The number of urea groups is 1. The SMILES string of the molecule is C=CCN(CC(=O)O)C(=O)NCCCNS(C)(=O)=O. The Labute approximate surface area is 112 Å². The normalized spacial score (nSPS) is 10.8. The number of carbonyl (C=O) groups is 2. The van der Waals surface area contributed by atoms with E-state index >= 15 is 0 Å². The lowest BCUT2D eigenvalue weighted by atomic mass is 10.4. The number of hydrogen-bond acceptors (Lipinski definition) is 4. The first-order chi connectivity index (χ1) is 8.76. The van der Waals surface area contributed by atoms with Crippen molar-refractivity contribution < 1.29 is 23.1 Å². The van der Waals surface area contributed by atoms with Crippen molar-refractivity contribution in [2.75, 3.05) is 32.4 Å². The molecule has 0 bridgehead atoms. The van der Waals surface area contributed by atoms with E-state index in [1.165, 1.54) is 6.08 Å². The maximum Gasteiger partial charge on any atom is 0.323 e. The molecule has 19 heavy (non-hydrogen) atoms. The summed E-state index contributed by atoms with van der Waals surface area (Å²) in [7, 11) is -3.23. The van der Waals surface area contributed by atoms with E-state index in [-0.39, 0.29) is 19.6 Å². The molecule has 0 aliphatic rings. The summed E-state index contributed by atoms with van der Waals surface area (Å²) < 4.78 is 23.8. The summed E-state index contributed by atoms with van der Waals surface area (Å²) >= 11 is 0. The number of nitrogens with zero attached hydrogens (tertiary/aromatic N) is 1. The Hall–Kier alpha value is -1.61. The molecule has 0 spiro atoms. The smallest absolute Gasteiger partial charge is 0.323 e. The second kappa shape index (κ2) is 8.48. The van der Waals surface area contributed by atoms with Crippen molar-refractivity contribution in [2.45, 2.75) is 6.42 Å². The molecule has 0 fully saturated rings. The molecule has 0 aliphatic heterocycles. The van der Waals surface area contributed by atoms with Crippen LogP contribution in [0.5, 0.6) is 0 Å². The maximum atomic E-state index is 11.6. The molecule has 0 atom stereocenters. The molecule has 0 unspecified atom stereocenters. The van der Waals surface area contributed by atoms with Gasteiger partial charge in [-0.15, -0.1) is 6.58 Å². The van der Waals surface area contributed by atoms with E-state index in [1.807, 2.05) is 0 Å². The van der Waals surface area contributed by atoms with Crippen molar-refractivity contribution in [3.8, 4) is 0 Å². The summed E-state index contributed by atoms with van der Waals surface area (Å²) in [5.41, 5.74) is 0. The fourth-order valence-electron chi connectivity index (χ4n) is 1.19. The number of rotatable bonds is 9. The van der Waals surface area contributed by atoms with Crippen molar-refractivity contribution in [1.82, 2.24) is 14.9 Å². The minimum Gasteiger partial charge on any atom is -0.480 e. The minimum absolute atomic E-state index is 0.125. The summed E-state index contributed by atoms with van der Waals surface area (Å²) in [5, 5.41) is 11.1. The standard InChI is InChI=1S/C10H19N3O5S/c1-3-7-13(8-9(14)15)10(16)11-5-4-6-12-19(2,17)18/h3,12H,1,4-8H2,2H3,(H,11,16)(H,14,15). The third-order valence-corrected chi connectivity index (χ3v) is 2.69. The quantitative estimate of drug-likeness (QED) is 0.380. The number of amides is 2. The molecular formula is C10H19N3O5S. The molecular weight excluding hydrogens is 274 g/mol. The monoisotopic (exact) mass is 293 g/mol. The number of carbonyl (C=O) groups excluding carboxylic acids is 1. The Kier molecular flexibility index (Phi) is 7.77. The van der Waals surface area contributed by atoms with E-state index < -0.39 is 28.6 Å². The second-order valence-corrected chi connectivity index (χ2v) is 5.65. The third kappa shape index (κ3) is 10.0. The predicted octanol–water partition coefficient (Wildman–Crippen LogP) is -0.792. The van der Waals surface area contributed by atoms with E-state index in [1.54, 1.807) is 0 Å². The summed E-state index contributed by atoms with van der Waals surface area (Å²) in [5.74, 6) is -1.12. The zero-order chi connectivity index (χ0) is 14.9. The van der Waals surface area contributed by atoms with Gasteiger partial charge >= 0.3 is 12.0 Å². The van der Waals surface area contributed by atoms with Gasteiger partial charge in [0.25, 0.3) is 0 Å². The van der Waals surface area contributed by atoms with Crippen LogP contribution in [0.1, 0.15) is 6.42 Å². The van der Waals surface area contributed by atoms with Crippen LogP contribution in [-0.2, 0) is 14.8 Å². The first kappa shape index (κ1) is 17.4. The highest BCUT2D eigenvalue weighted by atomic mass is 32.2. The van der Waals surface area contributed by atoms with E-state index in [0.717, 1.165) is 11.2 Å². The number of hydrogen-bond donors (Lipinski definition) is 3. The number of carboxylic acids is 1. The van der Waals surface area contributed by atoms with Gasteiger partial charge in [0.2, 0.25) is 10.0 Å². The zero-order valence-electron chi connectivity index (χ0n) is 10.8. The van der Waals surface area contributed by atoms with Gasteiger partial charge in [-0.2, -0.15) is 0 Å². The molecule has 8 nitrogen and oxygen atoms in total. The van der Waals surface area contributed by atoms with Gasteiger partial charge in [0, 0.05) is 19.6 Å². The van der Waals surface area contributed by atoms with Gasteiger partial charge in [-0.1, -0.05) is 6.08 Å². The van der Waals surface area contributed by atoms with Crippen LogP contribution in [0, 0.1) is 0 Å². The highest BCUT2D eigenvalue weighted by Gasteiger charge is 2.14. The average molecular weight is 293 g/mol. The van der Waals surface area contributed by atoms with E-state index in [2.05, 4.69) is 16.6 Å². The van der Waals surface area contributed by atoms with Crippen LogP contribution in [0.25, 0.3) is 0 Å². The van der Waals surface area contributed by atoms with Crippen molar-refractivity contribution in [2.24, 2.45) is 0 Å². The molecule has 0 aromatic carbocycles. The summed E-state index contributed by atoms with van der Waals surface area (Å²) in [6.07, 6.45) is 2.88. The van der Waals surface area contributed by atoms with Crippen molar-refractivity contribution in [3.63, 3.8) is 0 Å². The van der Waals surface area contributed by atoms with Crippen molar-refractivity contribution in [1.29, 1.82) is 0 Å². The Morgan fingerprint density at radius 2 is 2.00 bits per heavy atom. The highest BCUT2D eigenvalue weighted by molar-refractivity contribution is 7.88. The first-order valence-corrected chi connectivity index (χ1v) is 7.45. The Morgan fingerprint density at radius 1 is 1.37 bits per heavy atom. The van der Waals surface area contributed by atoms with Crippen LogP contribution in [0.2, 0.25) is 0 Å². The van der Waals surface area contributed by atoms with Gasteiger partial charge < -0.3 is 15.3 Å². The summed E-state index contributed by atoms with van der Waals surface area (Å²) in [6.45, 7) is 3.60. The molecule has 0 heterocycles. The molecule has 110 valence electrons. The molecule has 9 heteroatoms. The van der Waals surface area contributed by atoms with Crippen molar-refractivity contribution in [3.05, 3.63) is 12.7 Å². The van der Waals surface area contributed by atoms with E-state index in [0.29, 0.717) is 6.42 Å². The van der Waals surface area contributed by atoms with E-state index in [9.17, 15) is 18.0 Å². The molecule has 0 saturated carbocycles. The van der Waals surface area contributed by atoms with Gasteiger partial charge in [0.05, 0.1) is 6.26 Å². The van der Waals surface area contributed by atoms with Gasteiger partial charge in [0.1, 0.15) is 6.54 Å². The summed E-state index contributed by atoms with van der Waals surface area (Å²) in [6, 6.07) is -0.526. The third-order valence-electron chi connectivity index (χ3n) is 1.96. The van der Waals surface area contributed by atoms with Crippen LogP contribution in [-0.4, -0.2) is 62.9 Å². The predicted molar refractivity (Wildman–Crippen MR) is 70.3 cm³/mol. The minimum atomic E-state index is -3.23. The molecule has 0 aromatic heterocycles. The van der Waals surface area contributed by atoms with Crippen LogP contribution < -0.4 is 10.0 Å². The van der Waals surface area contributed by atoms with Gasteiger partial charge in [-0.3, -0.25) is 4.79 Å². The molecule has 2 amide bonds. The molecule has 0 aliphatic carbocycles. The topological polar surface area (TPSA) is 116 Å². The molecule has 0 saturated heterocycles. The van der Waals surface area contributed by atoms with Crippen LogP contribution in [0.15, 0.2) is 12.7 Å². The molecule has 3 N–H and O–H groups in total. The lowest BCUT2D eigenvalue weighted by molar-refractivity contribution is -0.137.